The molecule has 6 heteroatoms. The van der Waals surface area contributed by atoms with E-state index in [9.17, 15) is 14.4 Å². The van der Waals surface area contributed by atoms with Crippen molar-refractivity contribution in [2.45, 2.75) is 32.1 Å². The molecule has 3 N–H and O–H groups in total. The summed E-state index contributed by atoms with van der Waals surface area (Å²) in [5.41, 5.74) is 5.28. The third-order valence-corrected chi connectivity index (χ3v) is 3.68. The fourth-order valence-electron chi connectivity index (χ4n) is 2.59. The molecule has 22 heavy (non-hydrogen) atoms. The van der Waals surface area contributed by atoms with Crippen molar-refractivity contribution >= 4 is 17.8 Å². The Labute approximate surface area is 129 Å². The zero-order valence-corrected chi connectivity index (χ0v) is 12.3. The van der Waals surface area contributed by atoms with Gasteiger partial charge in [-0.05, 0) is 37.0 Å². The highest BCUT2D eigenvalue weighted by Crippen LogP contribution is 2.28. The summed E-state index contributed by atoms with van der Waals surface area (Å²) in [5.74, 6) is -0.592. The summed E-state index contributed by atoms with van der Waals surface area (Å²) in [6.07, 6.45) is 4.91. The molecule has 0 aliphatic heterocycles. The molecule has 0 saturated heterocycles. The van der Waals surface area contributed by atoms with E-state index in [-0.39, 0.29) is 12.5 Å². The van der Waals surface area contributed by atoms with Crippen LogP contribution in [0.15, 0.2) is 24.3 Å². The number of benzene rings is 1. The van der Waals surface area contributed by atoms with Gasteiger partial charge in [-0.1, -0.05) is 18.9 Å². The molecule has 1 aromatic carbocycles. The van der Waals surface area contributed by atoms with Crippen molar-refractivity contribution in [1.29, 1.82) is 0 Å². The van der Waals surface area contributed by atoms with Gasteiger partial charge in [0, 0.05) is 12.0 Å². The Bertz CT molecular complexity index is 565. The van der Waals surface area contributed by atoms with Crippen LogP contribution in [0.5, 0.6) is 5.75 Å². The number of ether oxygens (including phenoxy) is 1. The minimum atomic E-state index is -0.618. The van der Waals surface area contributed by atoms with Crippen LogP contribution < -0.4 is 15.8 Å². The third-order valence-electron chi connectivity index (χ3n) is 3.68. The van der Waals surface area contributed by atoms with Crippen molar-refractivity contribution in [2.24, 2.45) is 11.7 Å². The Balaban J connectivity index is 1.91. The van der Waals surface area contributed by atoms with Crippen LogP contribution in [0.2, 0.25) is 0 Å². The number of carbonyl (C=O) groups excluding carboxylic acids is 3. The van der Waals surface area contributed by atoms with Gasteiger partial charge in [0.05, 0.1) is 6.54 Å². The minimum Gasteiger partial charge on any atom is -0.426 e. The van der Waals surface area contributed by atoms with Crippen LogP contribution in [0.25, 0.3) is 0 Å². The van der Waals surface area contributed by atoms with Gasteiger partial charge in [-0.2, -0.15) is 0 Å². The van der Waals surface area contributed by atoms with Gasteiger partial charge >= 0.3 is 5.97 Å². The quantitative estimate of drug-likeness (QED) is 0.613. The first kappa shape index (κ1) is 16.0. The van der Waals surface area contributed by atoms with Gasteiger partial charge in [0.25, 0.3) is 5.91 Å². The van der Waals surface area contributed by atoms with E-state index in [4.69, 9.17) is 10.5 Å². The minimum absolute atomic E-state index is 0.232. The SMILES string of the molecule is NC(=O)CNC(=O)c1cccc(OC(=O)CC2CCCC2)c1. The molecule has 0 radical (unpaired) electrons. The second kappa shape index (κ2) is 7.59. The Morgan fingerprint density at radius 3 is 2.64 bits per heavy atom. The Morgan fingerprint density at radius 2 is 1.95 bits per heavy atom. The molecule has 118 valence electrons. The van der Waals surface area contributed by atoms with E-state index in [1.54, 1.807) is 18.2 Å². The molecule has 0 spiro atoms. The zero-order chi connectivity index (χ0) is 15.9. The maximum absolute atomic E-state index is 11.9. The molecular weight excluding hydrogens is 284 g/mol. The summed E-state index contributed by atoms with van der Waals surface area (Å²) in [5, 5.41) is 2.38. The summed E-state index contributed by atoms with van der Waals surface area (Å²) in [4.78, 5) is 34.3. The lowest BCUT2D eigenvalue weighted by atomic mass is 10.0. The highest BCUT2D eigenvalue weighted by Gasteiger charge is 2.19. The zero-order valence-electron chi connectivity index (χ0n) is 12.3. The number of primary amides is 1. The van der Waals surface area contributed by atoms with Gasteiger partial charge in [0.2, 0.25) is 5.91 Å². The molecule has 0 bridgehead atoms. The Kier molecular flexibility index (Phi) is 5.52. The molecule has 1 aliphatic rings. The van der Waals surface area contributed by atoms with Crippen LogP contribution in [0, 0.1) is 5.92 Å². The normalized spacial score (nSPS) is 14.5. The van der Waals surface area contributed by atoms with Crippen LogP contribution in [0.1, 0.15) is 42.5 Å². The van der Waals surface area contributed by atoms with Crippen molar-refractivity contribution in [3.8, 4) is 5.75 Å². The van der Waals surface area contributed by atoms with E-state index in [0.717, 1.165) is 12.8 Å². The number of hydrogen-bond donors (Lipinski definition) is 2. The van der Waals surface area contributed by atoms with Crippen molar-refractivity contribution in [2.75, 3.05) is 6.54 Å². The molecule has 2 amide bonds. The lowest BCUT2D eigenvalue weighted by molar-refractivity contribution is -0.135. The molecule has 2 rings (SSSR count). The molecule has 1 aromatic rings. The summed E-state index contributed by atoms with van der Waals surface area (Å²) < 4.78 is 5.28. The number of nitrogens with two attached hydrogens (primary N) is 1. The van der Waals surface area contributed by atoms with E-state index in [1.807, 2.05) is 0 Å². The van der Waals surface area contributed by atoms with Gasteiger partial charge in [0.15, 0.2) is 0 Å². The van der Waals surface area contributed by atoms with Crippen LogP contribution in [-0.4, -0.2) is 24.3 Å². The first-order valence-electron chi connectivity index (χ1n) is 7.42. The summed E-state index contributed by atoms with van der Waals surface area (Å²) >= 11 is 0. The Hall–Kier alpha value is -2.37. The molecular formula is C16H20N2O4. The monoisotopic (exact) mass is 304 g/mol. The van der Waals surface area contributed by atoms with Gasteiger partial charge in [-0.3, -0.25) is 14.4 Å². The van der Waals surface area contributed by atoms with Gasteiger partial charge < -0.3 is 15.8 Å². The fraction of sp³-hybridized carbons (Fsp3) is 0.438. The number of hydrogen-bond acceptors (Lipinski definition) is 4. The standard InChI is InChI=1S/C16H20N2O4/c17-14(19)10-18-16(21)12-6-3-7-13(9-12)22-15(20)8-11-4-1-2-5-11/h3,6-7,9,11H,1-2,4-5,8,10H2,(H2,17,19)(H,18,21). The van der Waals surface area contributed by atoms with E-state index in [2.05, 4.69) is 5.32 Å². The summed E-state index contributed by atoms with van der Waals surface area (Å²) in [7, 11) is 0. The number of esters is 1. The van der Waals surface area contributed by atoms with Gasteiger partial charge in [-0.25, -0.2) is 0 Å². The largest absolute Gasteiger partial charge is 0.426 e. The van der Waals surface area contributed by atoms with Gasteiger partial charge in [-0.15, -0.1) is 0 Å². The lowest BCUT2D eigenvalue weighted by Crippen LogP contribution is -2.33. The molecule has 0 aromatic heterocycles. The topological polar surface area (TPSA) is 98.5 Å². The van der Waals surface area contributed by atoms with Crippen LogP contribution in [-0.2, 0) is 9.59 Å². The van der Waals surface area contributed by atoms with Crippen molar-refractivity contribution < 1.29 is 19.1 Å². The third kappa shape index (κ3) is 4.87. The maximum Gasteiger partial charge on any atom is 0.311 e. The van der Waals surface area contributed by atoms with E-state index in [0.29, 0.717) is 23.7 Å². The number of amides is 2. The van der Waals surface area contributed by atoms with Crippen molar-refractivity contribution in [1.82, 2.24) is 5.32 Å². The van der Waals surface area contributed by atoms with E-state index in [1.165, 1.54) is 18.9 Å². The van der Waals surface area contributed by atoms with E-state index < -0.39 is 11.8 Å². The molecule has 0 atom stereocenters. The Morgan fingerprint density at radius 1 is 1.23 bits per heavy atom. The van der Waals surface area contributed by atoms with Crippen LogP contribution >= 0.6 is 0 Å². The predicted octanol–water partition coefficient (Wildman–Crippen LogP) is 1.39. The van der Waals surface area contributed by atoms with E-state index >= 15 is 0 Å². The fourth-order valence-corrected chi connectivity index (χ4v) is 2.59. The number of nitrogens with one attached hydrogen (secondary N) is 1. The predicted molar refractivity (Wildman–Crippen MR) is 80.2 cm³/mol. The average Bonchev–Trinajstić information content (AvgIpc) is 2.97. The first-order chi connectivity index (χ1) is 10.5. The lowest BCUT2D eigenvalue weighted by Gasteiger charge is -2.09. The molecule has 0 unspecified atom stereocenters. The van der Waals surface area contributed by atoms with Gasteiger partial charge in [0.1, 0.15) is 5.75 Å². The summed E-state index contributed by atoms with van der Waals surface area (Å²) in [6, 6.07) is 6.29. The molecule has 1 fully saturated rings. The van der Waals surface area contributed by atoms with Crippen molar-refractivity contribution in [3.63, 3.8) is 0 Å². The van der Waals surface area contributed by atoms with Crippen LogP contribution in [0.3, 0.4) is 0 Å². The highest BCUT2D eigenvalue weighted by molar-refractivity contribution is 5.96. The highest BCUT2D eigenvalue weighted by atomic mass is 16.5. The molecule has 6 nitrogen and oxygen atoms in total. The smallest absolute Gasteiger partial charge is 0.311 e. The second-order valence-electron chi connectivity index (χ2n) is 5.51. The molecule has 1 saturated carbocycles. The molecule has 1 aliphatic carbocycles. The van der Waals surface area contributed by atoms with Crippen LogP contribution in [0.4, 0.5) is 0 Å². The second-order valence-corrected chi connectivity index (χ2v) is 5.51. The van der Waals surface area contributed by atoms with Crippen molar-refractivity contribution in [3.05, 3.63) is 29.8 Å². The average molecular weight is 304 g/mol. The number of carbonyl (C=O) groups is 3. The number of rotatable bonds is 6. The first-order valence-corrected chi connectivity index (χ1v) is 7.42. The maximum atomic E-state index is 11.9. The summed E-state index contributed by atoms with van der Waals surface area (Å²) in [6.45, 7) is -0.232. The molecule has 0 heterocycles.